The molecule has 0 bridgehead atoms. The van der Waals surface area contributed by atoms with E-state index in [0.29, 0.717) is 18.0 Å². The van der Waals surface area contributed by atoms with Gasteiger partial charge in [0.2, 0.25) is 11.8 Å². The molecule has 23 heavy (non-hydrogen) atoms. The number of likely N-dealkylation sites (tertiary alicyclic amines) is 1. The van der Waals surface area contributed by atoms with Crippen LogP contribution in [0.4, 0.5) is 5.69 Å². The number of anilines is 1. The van der Waals surface area contributed by atoms with Gasteiger partial charge in [0.15, 0.2) is 0 Å². The number of hydrogen-bond acceptors (Lipinski definition) is 3. The van der Waals surface area contributed by atoms with Crippen LogP contribution in [0.25, 0.3) is 0 Å². The molecule has 0 unspecified atom stereocenters. The molecule has 0 saturated carbocycles. The highest BCUT2D eigenvalue weighted by Crippen LogP contribution is 2.25. The van der Waals surface area contributed by atoms with Crippen molar-refractivity contribution >= 4 is 17.5 Å². The summed E-state index contributed by atoms with van der Waals surface area (Å²) in [6.45, 7) is 6.96. The average Bonchev–Trinajstić information content (AvgIpc) is 2.53. The molecule has 2 rings (SSSR count). The van der Waals surface area contributed by atoms with Crippen molar-refractivity contribution in [1.29, 1.82) is 0 Å². The van der Waals surface area contributed by atoms with Crippen LogP contribution in [0.15, 0.2) is 24.3 Å². The predicted molar refractivity (Wildman–Crippen MR) is 90.4 cm³/mol. The topological polar surface area (TPSA) is 58.6 Å². The number of nitrogens with one attached hydrogen (secondary N) is 1. The van der Waals surface area contributed by atoms with Gasteiger partial charge < -0.3 is 15.0 Å². The molecule has 5 nitrogen and oxygen atoms in total. The van der Waals surface area contributed by atoms with Crippen LogP contribution in [0.2, 0.25) is 0 Å². The Balaban J connectivity index is 2.00. The summed E-state index contributed by atoms with van der Waals surface area (Å²) in [4.78, 5) is 26.7. The molecule has 1 aliphatic heterocycles. The van der Waals surface area contributed by atoms with Crippen LogP contribution < -0.4 is 10.1 Å². The first-order valence-corrected chi connectivity index (χ1v) is 8.05. The minimum atomic E-state index is -0.412. The Bertz CT molecular complexity index is 578. The summed E-state index contributed by atoms with van der Waals surface area (Å²) in [6.07, 6.45) is 1.67. The summed E-state index contributed by atoms with van der Waals surface area (Å²) in [7, 11) is 1.60. The van der Waals surface area contributed by atoms with Crippen LogP contribution in [0.1, 0.15) is 33.6 Å². The fourth-order valence-electron chi connectivity index (χ4n) is 2.80. The molecular weight excluding hydrogens is 292 g/mol. The van der Waals surface area contributed by atoms with Gasteiger partial charge in [-0.05, 0) is 25.0 Å². The quantitative estimate of drug-likeness (QED) is 0.932. The molecule has 126 valence electrons. The van der Waals surface area contributed by atoms with Crippen LogP contribution >= 0.6 is 0 Å². The minimum Gasteiger partial charge on any atom is -0.497 e. The second-order valence-electron chi connectivity index (χ2n) is 7.06. The molecule has 0 aromatic heterocycles. The number of ether oxygens (including phenoxy) is 1. The van der Waals surface area contributed by atoms with Crippen LogP contribution in [-0.2, 0) is 9.59 Å². The second kappa shape index (κ2) is 7.02. The molecule has 1 fully saturated rings. The first-order chi connectivity index (χ1) is 10.8. The Morgan fingerprint density at radius 3 is 2.70 bits per heavy atom. The molecule has 1 heterocycles. The standard InChI is InChI=1S/C18H26N2O3/c1-18(2,3)17(22)20-10-6-7-13(12-20)16(21)19-14-8-5-9-15(11-14)23-4/h5,8-9,11,13H,6-7,10,12H2,1-4H3,(H,19,21)/t13-/m1/s1. The lowest BCUT2D eigenvalue weighted by Crippen LogP contribution is -2.47. The zero-order valence-corrected chi connectivity index (χ0v) is 14.4. The summed E-state index contributed by atoms with van der Waals surface area (Å²) in [6, 6.07) is 7.30. The van der Waals surface area contributed by atoms with Gasteiger partial charge in [0.25, 0.3) is 0 Å². The van der Waals surface area contributed by atoms with Crippen molar-refractivity contribution in [2.45, 2.75) is 33.6 Å². The number of piperidine rings is 1. The van der Waals surface area contributed by atoms with Crippen LogP contribution in [-0.4, -0.2) is 36.9 Å². The third-order valence-corrected chi connectivity index (χ3v) is 4.06. The molecular formula is C18H26N2O3. The molecule has 5 heteroatoms. The van der Waals surface area contributed by atoms with Gasteiger partial charge in [0.1, 0.15) is 5.75 Å². The largest absolute Gasteiger partial charge is 0.497 e. The van der Waals surface area contributed by atoms with Crippen molar-refractivity contribution in [3.05, 3.63) is 24.3 Å². The Kier molecular flexibility index (Phi) is 5.29. The maximum Gasteiger partial charge on any atom is 0.229 e. The maximum absolute atomic E-state index is 12.5. The van der Waals surface area contributed by atoms with E-state index in [1.165, 1.54) is 0 Å². The van der Waals surface area contributed by atoms with Gasteiger partial charge in [0, 0.05) is 30.3 Å². The number of methoxy groups -OCH3 is 1. The smallest absolute Gasteiger partial charge is 0.229 e. The maximum atomic E-state index is 12.5. The number of hydrogen-bond donors (Lipinski definition) is 1. The van der Waals surface area contributed by atoms with Gasteiger partial charge in [-0.25, -0.2) is 0 Å². The molecule has 0 spiro atoms. The fraction of sp³-hybridized carbons (Fsp3) is 0.556. The summed E-state index contributed by atoms with van der Waals surface area (Å²) >= 11 is 0. The number of carbonyl (C=O) groups excluding carboxylic acids is 2. The van der Waals surface area contributed by atoms with Crippen molar-refractivity contribution in [3.63, 3.8) is 0 Å². The number of benzene rings is 1. The van der Waals surface area contributed by atoms with Crippen LogP contribution in [0.3, 0.4) is 0 Å². The lowest BCUT2D eigenvalue weighted by Gasteiger charge is -2.35. The average molecular weight is 318 g/mol. The molecule has 1 N–H and O–H groups in total. The third kappa shape index (κ3) is 4.47. The fourth-order valence-corrected chi connectivity index (χ4v) is 2.80. The third-order valence-electron chi connectivity index (χ3n) is 4.06. The van der Waals surface area contributed by atoms with Gasteiger partial charge in [-0.1, -0.05) is 26.8 Å². The van der Waals surface area contributed by atoms with Crippen LogP contribution in [0, 0.1) is 11.3 Å². The lowest BCUT2D eigenvalue weighted by atomic mass is 9.91. The highest BCUT2D eigenvalue weighted by atomic mass is 16.5. The van der Waals surface area contributed by atoms with Gasteiger partial charge in [-0.3, -0.25) is 9.59 Å². The van der Waals surface area contributed by atoms with Crippen molar-refractivity contribution in [2.24, 2.45) is 11.3 Å². The summed E-state index contributed by atoms with van der Waals surface area (Å²) < 4.78 is 5.16. The number of carbonyl (C=O) groups is 2. The normalized spacial score (nSPS) is 18.4. The van der Waals surface area contributed by atoms with Crippen molar-refractivity contribution in [1.82, 2.24) is 4.90 Å². The molecule has 2 amide bonds. The highest BCUT2D eigenvalue weighted by molar-refractivity contribution is 5.93. The van der Waals surface area contributed by atoms with Crippen molar-refractivity contribution in [3.8, 4) is 5.75 Å². The summed E-state index contributed by atoms with van der Waals surface area (Å²) in [5.41, 5.74) is 0.305. The number of amides is 2. The SMILES string of the molecule is COc1cccc(NC(=O)[C@@H]2CCCN(C(=O)C(C)(C)C)C2)c1. The Morgan fingerprint density at radius 2 is 2.04 bits per heavy atom. The van der Waals surface area contributed by atoms with E-state index < -0.39 is 5.41 Å². The van der Waals surface area contributed by atoms with E-state index in [1.807, 2.05) is 43.9 Å². The first-order valence-electron chi connectivity index (χ1n) is 8.05. The molecule has 0 aliphatic carbocycles. The number of nitrogens with zero attached hydrogens (tertiary/aromatic N) is 1. The first kappa shape index (κ1) is 17.3. The molecule has 1 aromatic carbocycles. The lowest BCUT2D eigenvalue weighted by molar-refractivity contribution is -0.142. The van der Waals surface area contributed by atoms with E-state index in [0.717, 1.165) is 19.4 Å². The van der Waals surface area contributed by atoms with E-state index in [1.54, 1.807) is 13.2 Å². The Morgan fingerprint density at radius 1 is 1.30 bits per heavy atom. The molecule has 1 atom stereocenters. The van der Waals surface area contributed by atoms with Gasteiger partial charge in [-0.15, -0.1) is 0 Å². The van der Waals surface area contributed by atoms with Crippen LogP contribution in [0.5, 0.6) is 5.75 Å². The van der Waals surface area contributed by atoms with Gasteiger partial charge in [-0.2, -0.15) is 0 Å². The molecule has 1 aromatic rings. The monoisotopic (exact) mass is 318 g/mol. The van der Waals surface area contributed by atoms with Crippen molar-refractivity contribution in [2.75, 3.05) is 25.5 Å². The van der Waals surface area contributed by atoms with E-state index in [9.17, 15) is 9.59 Å². The predicted octanol–water partition coefficient (Wildman–Crippen LogP) is 2.92. The van der Waals surface area contributed by atoms with Gasteiger partial charge in [0.05, 0.1) is 13.0 Å². The van der Waals surface area contributed by atoms with E-state index in [2.05, 4.69) is 5.32 Å². The zero-order chi connectivity index (χ0) is 17.0. The number of rotatable bonds is 3. The highest BCUT2D eigenvalue weighted by Gasteiger charge is 2.33. The van der Waals surface area contributed by atoms with Crippen molar-refractivity contribution < 1.29 is 14.3 Å². The zero-order valence-electron chi connectivity index (χ0n) is 14.4. The van der Waals surface area contributed by atoms with E-state index >= 15 is 0 Å². The molecule has 0 radical (unpaired) electrons. The van der Waals surface area contributed by atoms with Gasteiger partial charge >= 0.3 is 0 Å². The second-order valence-corrected chi connectivity index (χ2v) is 7.06. The molecule has 1 aliphatic rings. The van der Waals surface area contributed by atoms with E-state index in [-0.39, 0.29) is 17.7 Å². The summed E-state index contributed by atoms with van der Waals surface area (Å²) in [5, 5.41) is 2.93. The van der Waals surface area contributed by atoms with E-state index in [4.69, 9.17) is 4.74 Å². The summed E-state index contributed by atoms with van der Waals surface area (Å²) in [5.74, 6) is 0.610. The Labute approximate surface area is 138 Å². The Hall–Kier alpha value is -2.04. The minimum absolute atomic E-state index is 0.0373. The molecule has 1 saturated heterocycles.